The summed E-state index contributed by atoms with van der Waals surface area (Å²) in [6.45, 7) is 3.76. The molecule has 90 valence electrons. The van der Waals surface area contributed by atoms with Crippen LogP contribution in [-0.4, -0.2) is 71.3 Å². The maximum absolute atomic E-state index is 11.0. The summed E-state index contributed by atoms with van der Waals surface area (Å²) < 4.78 is 27.5. The Morgan fingerprint density at radius 3 is 2.87 bits per heavy atom. The van der Waals surface area contributed by atoms with Crippen molar-refractivity contribution in [3.05, 3.63) is 0 Å². The van der Waals surface area contributed by atoms with E-state index in [2.05, 4.69) is 10.2 Å². The van der Waals surface area contributed by atoms with Crippen LogP contribution in [0.3, 0.4) is 0 Å². The Hall–Kier alpha value is -0.170. The highest BCUT2D eigenvalue weighted by atomic mass is 32.2. The Morgan fingerprint density at radius 2 is 2.27 bits per heavy atom. The number of hydrogen-bond donors (Lipinski definition) is 1. The lowest BCUT2D eigenvalue weighted by atomic mass is 10.2. The van der Waals surface area contributed by atoms with E-state index in [-0.39, 0.29) is 11.9 Å². The summed E-state index contributed by atoms with van der Waals surface area (Å²) in [6, 6.07) is 0. The van der Waals surface area contributed by atoms with Crippen molar-refractivity contribution in [3.63, 3.8) is 0 Å². The lowest BCUT2D eigenvalue weighted by Gasteiger charge is -2.32. The molecule has 0 aliphatic carbocycles. The Bertz CT molecular complexity index is 277. The van der Waals surface area contributed by atoms with Crippen molar-refractivity contribution in [2.24, 2.45) is 0 Å². The average Bonchev–Trinajstić information content (AvgIpc) is 2.15. The number of hydrogen-bond acceptors (Lipinski definition) is 5. The summed E-state index contributed by atoms with van der Waals surface area (Å²) in [7, 11) is -0.964. The Kier molecular flexibility index (Phi) is 4.98. The molecule has 0 spiro atoms. The fraction of sp³-hybridized carbons (Fsp3) is 1.00. The van der Waals surface area contributed by atoms with Gasteiger partial charge in [0.1, 0.15) is 9.84 Å². The molecule has 0 aromatic heterocycles. The third-order valence-corrected chi connectivity index (χ3v) is 3.36. The number of morpholine rings is 1. The summed E-state index contributed by atoms with van der Waals surface area (Å²) in [4.78, 5) is 2.15. The second-order valence-electron chi connectivity index (χ2n) is 3.98. The molecule has 0 amide bonds. The van der Waals surface area contributed by atoms with Crippen LogP contribution in [0.15, 0.2) is 0 Å². The van der Waals surface area contributed by atoms with Gasteiger partial charge in [-0.05, 0) is 7.05 Å². The lowest BCUT2D eigenvalue weighted by Crippen LogP contribution is -2.47. The molecule has 0 saturated carbocycles. The first kappa shape index (κ1) is 12.9. The highest BCUT2D eigenvalue weighted by Gasteiger charge is 2.20. The molecular weight excluding hydrogens is 216 g/mol. The molecule has 1 heterocycles. The van der Waals surface area contributed by atoms with Gasteiger partial charge in [-0.25, -0.2) is 8.42 Å². The standard InChI is InChI=1S/C9H20N2O3S/c1-10-7-9-8-11(3-5-14-9)4-6-15(2,12)13/h9-10H,3-8H2,1-2H3. The minimum atomic E-state index is -2.85. The lowest BCUT2D eigenvalue weighted by molar-refractivity contribution is -0.0241. The van der Waals surface area contributed by atoms with Crippen molar-refractivity contribution in [3.8, 4) is 0 Å². The number of ether oxygens (including phenoxy) is 1. The maximum Gasteiger partial charge on any atom is 0.148 e. The molecule has 0 radical (unpaired) electrons. The zero-order valence-corrected chi connectivity index (χ0v) is 10.2. The minimum absolute atomic E-state index is 0.184. The molecule has 1 saturated heterocycles. The van der Waals surface area contributed by atoms with Gasteiger partial charge in [0.05, 0.1) is 18.5 Å². The quantitative estimate of drug-likeness (QED) is 0.660. The van der Waals surface area contributed by atoms with Gasteiger partial charge in [-0.1, -0.05) is 0 Å². The average molecular weight is 236 g/mol. The number of likely N-dealkylation sites (N-methyl/N-ethyl adjacent to an activating group) is 1. The fourth-order valence-corrected chi connectivity index (χ4v) is 2.22. The first-order valence-electron chi connectivity index (χ1n) is 5.17. The molecule has 1 atom stereocenters. The second kappa shape index (κ2) is 5.79. The molecule has 1 aliphatic rings. The minimum Gasteiger partial charge on any atom is -0.374 e. The third kappa shape index (κ3) is 5.46. The van der Waals surface area contributed by atoms with Crippen molar-refractivity contribution in [1.29, 1.82) is 0 Å². The van der Waals surface area contributed by atoms with Crippen LogP contribution >= 0.6 is 0 Å². The highest BCUT2D eigenvalue weighted by molar-refractivity contribution is 7.90. The monoisotopic (exact) mass is 236 g/mol. The van der Waals surface area contributed by atoms with Crippen molar-refractivity contribution in [2.75, 3.05) is 51.8 Å². The van der Waals surface area contributed by atoms with E-state index < -0.39 is 9.84 Å². The van der Waals surface area contributed by atoms with Crippen LogP contribution in [0.2, 0.25) is 0 Å². The van der Waals surface area contributed by atoms with Crippen LogP contribution in [0, 0.1) is 0 Å². The Labute approximate surface area is 91.7 Å². The van der Waals surface area contributed by atoms with Gasteiger partial charge in [0, 0.05) is 32.4 Å². The SMILES string of the molecule is CNCC1CN(CCS(C)(=O)=O)CCO1. The van der Waals surface area contributed by atoms with Gasteiger partial charge in [0.2, 0.25) is 0 Å². The molecule has 1 unspecified atom stereocenters. The van der Waals surface area contributed by atoms with Crippen molar-refractivity contribution >= 4 is 9.84 Å². The van der Waals surface area contributed by atoms with Crippen LogP contribution in [-0.2, 0) is 14.6 Å². The zero-order chi connectivity index (χ0) is 11.3. The number of sulfone groups is 1. The van der Waals surface area contributed by atoms with Gasteiger partial charge in [0.15, 0.2) is 0 Å². The van der Waals surface area contributed by atoms with Crippen LogP contribution in [0.5, 0.6) is 0 Å². The molecule has 1 aliphatic heterocycles. The molecule has 1 fully saturated rings. The summed E-state index contributed by atoms with van der Waals surface area (Å²) in [5.74, 6) is 0.235. The zero-order valence-electron chi connectivity index (χ0n) is 9.40. The summed E-state index contributed by atoms with van der Waals surface area (Å²) >= 11 is 0. The van der Waals surface area contributed by atoms with Crippen LogP contribution < -0.4 is 5.32 Å². The van der Waals surface area contributed by atoms with E-state index in [1.807, 2.05) is 7.05 Å². The van der Waals surface area contributed by atoms with Gasteiger partial charge in [-0.3, -0.25) is 4.90 Å². The van der Waals surface area contributed by atoms with Gasteiger partial charge < -0.3 is 10.1 Å². The Balaban J connectivity index is 2.30. The molecule has 15 heavy (non-hydrogen) atoms. The molecule has 5 nitrogen and oxygen atoms in total. The number of nitrogens with zero attached hydrogens (tertiary/aromatic N) is 1. The van der Waals surface area contributed by atoms with Gasteiger partial charge >= 0.3 is 0 Å². The molecule has 6 heteroatoms. The van der Waals surface area contributed by atoms with E-state index in [0.29, 0.717) is 13.2 Å². The van der Waals surface area contributed by atoms with Crippen LogP contribution in [0.25, 0.3) is 0 Å². The fourth-order valence-electron chi connectivity index (χ4n) is 1.63. The first-order valence-corrected chi connectivity index (χ1v) is 7.23. The normalized spacial score (nSPS) is 24.3. The molecular formula is C9H20N2O3S. The largest absolute Gasteiger partial charge is 0.374 e. The van der Waals surface area contributed by atoms with Crippen LogP contribution in [0.1, 0.15) is 0 Å². The summed E-state index contributed by atoms with van der Waals surface area (Å²) in [5, 5.41) is 3.06. The van der Waals surface area contributed by atoms with Crippen molar-refractivity contribution < 1.29 is 13.2 Å². The van der Waals surface area contributed by atoms with E-state index >= 15 is 0 Å². The third-order valence-electron chi connectivity index (χ3n) is 2.43. The van der Waals surface area contributed by atoms with Gasteiger partial charge in [0.25, 0.3) is 0 Å². The molecule has 0 bridgehead atoms. The van der Waals surface area contributed by atoms with Crippen LogP contribution in [0.4, 0.5) is 0 Å². The van der Waals surface area contributed by atoms with Gasteiger partial charge in [-0.15, -0.1) is 0 Å². The predicted molar refractivity (Wildman–Crippen MR) is 59.8 cm³/mol. The Morgan fingerprint density at radius 1 is 1.53 bits per heavy atom. The maximum atomic E-state index is 11.0. The highest BCUT2D eigenvalue weighted by Crippen LogP contribution is 2.04. The van der Waals surface area contributed by atoms with Crippen molar-refractivity contribution in [2.45, 2.75) is 6.10 Å². The molecule has 0 aromatic carbocycles. The van der Waals surface area contributed by atoms with E-state index in [1.165, 1.54) is 6.26 Å². The smallest absolute Gasteiger partial charge is 0.148 e. The number of rotatable bonds is 5. The topological polar surface area (TPSA) is 58.6 Å². The van der Waals surface area contributed by atoms with E-state index in [1.54, 1.807) is 0 Å². The summed E-state index contributed by atoms with van der Waals surface area (Å²) in [6.07, 6.45) is 1.46. The molecule has 1 N–H and O–H groups in total. The molecule has 0 aromatic rings. The molecule has 1 rings (SSSR count). The second-order valence-corrected chi connectivity index (χ2v) is 6.24. The van der Waals surface area contributed by atoms with Gasteiger partial charge in [-0.2, -0.15) is 0 Å². The predicted octanol–water partition coefficient (Wildman–Crippen LogP) is -1.05. The van der Waals surface area contributed by atoms with Crippen molar-refractivity contribution in [1.82, 2.24) is 10.2 Å². The van der Waals surface area contributed by atoms with E-state index in [4.69, 9.17) is 4.74 Å². The van der Waals surface area contributed by atoms with E-state index in [0.717, 1.165) is 19.6 Å². The summed E-state index contributed by atoms with van der Waals surface area (Å²) in [5.41, 5.74) is 0. The van der Waals surface area contributed by atoms with E-state index in [9.17, 15) is 8.42 Å². The first-order chi connectivity index (χ1) is 7.01. The number of nitrogens with one attached hydrogen (secondary N) is 1.